The highest BCUT2D eigenvalue weighted by Gasteiger charge is 2.19. The third-order valence-corrected chi connectivity index (χ3v) is 6.04. The van der Waals surface area contributed by atoms with Crippen LogP contribution in [-0.4, -0.2) is 23.8 Å². The second kappa shape index (κ2) is 8.84. The van der Waals surface area contributed by atoms with Gasteiger partial charge in [0.25, 0.3) is 0 Å². The normalized spacial score (nSPS) is 10.9. The van der Waals surface area contributed by atoms with Crippen LogP contribution in [0.15, 0.2) is 46.2 Å². The summed E-state index contributed by atoms with van der Waals surface area (Å²) in [6.07, 6.45) is 0.724. The number of carbonyl (C=O) groups excluding carboxylic acids is 2. The van der Waals surface area contributed by atoms with Gasteiger partial charge in [0.05, 0.1) is 39.2 Å². The molecule has 1 heterocycles. The standard InChI is InChI=1S/C22H20ClNO4S/c1-4-14-9-10-16(23)18-19(14)24-21(17(12(2)25)20(18)26)29-11-13-5-7-15(8-6-13)22(27)28-3/h5-10H,4,11H2,1-3H3,(H,24,26). The van der Waals surface area contributed by atoms with Gasteiger partial charge >= 0.3 is 5.97 Å². The second-order valence-electron chi connectivity index (χ2n) is 6.50. The molecular weight excluding hydrogens is 410 g/mol. The van der Waals surface area contributed by atoms with Gasteiger partial charge in [-0.05, 0) is 42.7 Å². The summed E-state index contributed by atoms with van der Waals surface area (Å²) in [5.41, 5.74) is 2.80. The molecule has 150 valence electrons. The van der Waals surface area contributed by atoms with Gasteiger partial charge in [-0.15, -0.1) is 11.8 Å². The van der Waals surface area contributed by atoms with E-state index in [2.05, 4.69) is 4.98 Å². The molecule has 0 radical (unpaired) electrons. The quantitative estimate of drug-likeness (QED) is 0.338. The molecule has 0 bridgehead atoms. The van der Waals surface area contributed by atoms with Crippen LogP contribution in [-0.2, 0) is 16.9 Å². The number of nitrogens with one attached hydrogen (secondary N) is 1. The molecule has 1 N–H and O–H groups in total. The molecule has 7 heteroatoms. The molecule has 0 spiro atoms. The lowest BCUT2D eigenvalue weighted by Crippen LogP contribution is -2.17. The Morgan fingerprint density at radius 3 is 2.41 bits per heavy atom. The minimum absolute atomic E-state index is 0.115. The van der Waals surface area contributed by atoms with Crippen LogP contribution in [0.1, 0.15) is 45.7 Å². The molecule has 2 aromatic carbocycles. The molecule has 0 saturated carbocycles. The Labute approximate surface area is 177 Å². The van der Waals surface area contributed by atoms with Crippen molar-refractivity contribution in [2.24, 2.45) is 0 Å². The van der Waals surface area contributed by atoms with E-state index < -0.39 is 5.97 Å². The van der Waals surface area contributed by atoms with Gasteiger partial charge in [0.1, 0.15) is 0 Å². The molecule has 0 atom stereocenters. The van der Waals surface area contributed by atoms with Gasteiger partial charge in [0, 0.05) is 5.75 Å². The highest BCUT2D eigenvalue weighted by atomic mass is 35.5. The van der Waals surface area contributed by atoms with Gasteiger partial charge in [0.15, 0.2) is 5.78 Å². The third kappa shape index (κ3) is 4.23. The van der Waals surface area contributed by atoms with E-state index in [1.54, 1.807) is 18.2 Å². The molecule has 5 nitrogen and oxygen atoms in total. The molecule has 0 aliphatic rings. The summed E-state index contributed by atoms with van der Waals surface area (Å²) in [5.74, 6) is -0.189. The number of pyridine rings is 1. The van der Waals surface area contributed by atoms with Crippen LogP contribution in [0.25, 0.3) is 10.9 Å². The van der Waals surface area contributed by atoms with Gasteiger partial charge in [0.2, 0.25) is 5.43 Å². The Kier molecular flexibility index (Phi) is 6.45. The number of ketones is 1. The molecule has 0 unspecified atom stereocenters. The number of aromatic nitrogens is 1. The van der Waals surface area contributed by atoms with E-state index in [4.69, 9.17) is 16.3 Å². The summed E-state index contributed by atoms with van der Waals surface area (Å²) in [5, 5.41) is 1.20. The smallest absolute Gasteiger partial charge is 0.337 e. The highest BCUT2D eigenvalue weighted by molar-refractivity contribution is 7.98. The topological polar surface area (TPSA) is 76.2 Å². The van der Waals surface area contributed by atoms with Crippen LogP contribution < -0.4 is 5.43 Å². The second-order valence-corrected chi connectivity index (χ2v) is 7.89. The predicted octanol–water partition coefficient (Wildman–Crippen LogP) is 5.03. The summed E-state index contributed by atoms with van der Waals surface area (Å²) in [4.78, 5) is 40.1. The highest BCUT2D eigenvalue weighted by Crippen LogP contribution is 2.30. The van der Waals surface area contributed by atoms with E-state index in [9.17, 15) is 14.4 Å². The summed E-state index contributed by atoms with van der Waals surface area (Å²) in [6.45, 7) is 3.37. The van der Waals surface area contributed by atoms with Crippen molar-refractivity contribution in [1.82, 2.24) is 4.98 Å². The maximum atomic E-state index is 13.1. The Morgan fingerprint density at radius 1 is 1.14 bits per heavy atom. The van der Waals surface area contributed by atoms with E-state index in [0.29, 0.717) is 32.3 Å². The van der Waals surface area contributed by atoms with E-state index in [1.165, 1.54) is 25.8 Å². The number of hydrogen-bond donors (Lipinski definition) is 1. The Hall–Kier alpha value is -2.57. The zero-order chi connectivity index (χ0) is 21.1. The molecule has 0 fully saturated rings. The molecule has 3 rings (SSSR count). The first-order valence-electron chi connectivity index (χ1n) is 9.05. The van der Waals surface area contributed by atoms with Crippen LogP contribution in [0.4, 0.5) is 0 Å². The van der Waals surface area contributed by atoms with Crippen LogP contribution >= 0.6 is 23.4 Å². The molecule has 3 aromatic rings. The number of esters is 1. The Bertz CT molecular complexity index is 1150. The minimum Gasteiger partial charge on any atom is -0.465 e. The van der Waals surface area contributed by atoms with E-state index >= 15 is 0 Å². The first-order chi connectivity index (χ1) is 13.9. The van der Waals surface area contributed by atoms with Gasteiger partial charge in [-0.2, -0.15) is 0 Å². The number of ether oxygens (including phenoxy) is 1. The SMILES string of the molecule is CCc1ccc(Cl)c2c(=O)c(C(C)=O)c(SCc3ccc(C(=O)OC)cc3)[nH]c12. The van der Waals surface area contributed by atoms with Crippen molar-refractivity contribution in [2.45, 2.75) is 31.0 Å². The maximum Gasteiger partial charge on any atom is 0.337 e. The van der Waals surface area contributed by atoms with Crippen LogP contribution in [0, 0.1) is 0 Å². The zero-order valence-corrected chi connectivity index (χ0v) is 17.9. The number of methoxy groups -OCH3 is 1. The number of thioether (sulfide) groups is 1. The molecule has 0 aliphatic carbocycles. The lowest BCUT2D eigenvalue weighted by molar-refractivity contribution is 0.0600. The monoisotopic (exact) mass is 429 g/mol. The number of aryl methyl sites for hydroxylation is 1. The third-order valence-electron chi connectivity index (χ3n) is 4.65. The average molecular weight is 430 g/mol. The van der Waals surface area contributed by atoms with Gasteiger partial charge in [-0.3, -0.25) is 9.59 Å². The number of fused-ring (bicyclic) bond motifs is 1. The average Bonchev–Trinajstić information content (AvgIpc) is 2.71. The van der Waals surface area contributed by atoms with E-state index in [1.807, 2.05) is 25.1 Å². The number of aromatic amines is 1. The number of H-pyrrole nitrogens is 1. The van der Waals surface area contributed by atoms with Crippen molar-refractivity contribution < 1.29 is 14.3 Å². The Balaban J connectivity index is 2.02. The van der Waals surface area contributed by atoms with Crippen LogP contribution in [0.2, 0.25) is 5.02 Å². The number of benzene rings is 2. The fraction of sp³-hybridized carbons (Fsp3) is 0.227. The largest absolute Gasteiger partial charge is 0.465 e. The number of Topliss-reactive ketones (excluding diaryl/α,β-unsaturated/α-hetero) is 1. The van der Waals surface area contributed by atoms with Crippen LogP contribution in [0.5, 0.6) is 0 Å². The molecule has 0 saturated heterocycles. The zero-order valence-electron chi connectivity index (χ0n) is 16.3. The molecule has 0 aliphatic heterocycles. The minimum atomic E-state index is -0.397. The van der Waals surface area contributed by atoms with Crippen molar-refractivity contribution in [2.75, 3.05) is 7.11 Å². The molecule has 1 aromatic heterocycles. The lowest BCUT2D eigenvalue weighted by atomic mass is 10.0. The number of rotatable bonds is 6. The van der Waals surface area contributed by atoms with E-state index in [0.717, 1.165) is 17.5 Å². The van der Waals surface area contributed by atoms with Crippen molar-refractivity contribution in [1.29, 1.82) is 0 Å². The van der Waals surface area contributed by atoms with Crippen molar-refractivity contribution in [3.8, 4) is 0 Å². The van der Waals surface area contributed by atoms with Gasteiger partial charge in [-0.1, -0.05) is 36.7 Å². The van der Waals surface area contributed by atoms with Crippen molar-refractivity contribution in [3.05, 3.63) is 73.9 Å². The summed E-state index contributed by atoms with van der Waals surface area (Å²) in [6, 6.07) is 10.6. The maximum absolute atomic E-state index is 13.1. The first kappa shape index (κ1) is 21.1. The molecule has 29 heavy (non-hydrogen) atoms. The fourth-order valence-electron chi connectivity index (χ4n) is 3.12. The predicted molar refractivity (Wildman–Crippen MR) is 116 cm³/mol. The van der Waals surface area contributed by atoms with Crippen LogP contribution in [0.3, 0.4) is 0 Å². The molecule has 0 amide bonds. The Morgan fingerprint density at radius 2 is 1.83 bits per heavy atom. The van der Waals surface area contributed by atoms with Gasteiger partial charge < -0.3 is 9.72 Å². The number of carbonyl (C=O) groups is 2. The number of hydrogen-bond acceptors (Lipinski definition) is 5. The summed E-state index contributed by atoms with van der Waals surface area (Å²) in [7, 11) is 1.34. The molecular formula is C22H20ClNO4S. The van der Waals surface area contributed by atoms with Crippen molar-refractivity contribution >= 4 is 46.0 Å². The fourth-order valence-corrected chi connectivity index (χ4v) is 4.42. The first-order valence-corrected chi connectivity index (χ1v) is 10.4. The summed E-state index contributed by atoms with van der Waals surface area (Å²) >= 11 is 7.64. The van der Waals surface area contributed by atoms with Gasteiger partial charge in [-0.25, -0.2) is 4.79 Å². The van der Waals surface area contributed by atoms with Crippen molar-refractivity contribution in [3.63, 3.8) is 0 Å². The number of halogens is 1. The lowest BCUT2D eigenvalue weighted by Gasteiger charge is -2.12. The summed E-state index contributed by atoms with van der Waals surface area (Å²) < 4.78 is 4.70. The van der Waals surface area contributed by atoms with E-state index in [-0.39, 0.29) is 16.8 Å².